The lowest BCUT2D eigenvalue weighted by atomic mass is 10.2. The summed E-state index contributed by atoms with van der Waals surface area (Å²) in [5.41, 5.74) is 5.38. The average Bonchev–Trinajstić information content (AvgIpc) is 2.23. The zero-order chi connectivity index (χ0) is 11.1. The monoisotopic (exact) mass is 227 g/mol. The molecule has 6 heteroatoms. The number of benzene rings is 1. The van der Waals surface area contributed by atoms with E-state index < -0.39 is 0 Å². The largest absolute Gasteiger partial charge is 0.357 e. The van der Waals surface area contributed by atoms with Crippen LogP contribution in [0.2, 0.25) is 0 Å². The maximum absolute atomic E-state index is 12.8. The average molecular weight is 227 g/mol. The standard InChI is InChI=1S/C9H10FN3OS/c10-8-3-1-2-7(4-8)5-11-9(15)13-12-6-14/h1-4,6H,5H2,(H,12,14)(H2,11,13,15). The number of hydrogen-bond donors (Lipinski definition) is 3. The lowest BCUT2D eigenvalue weighted by molar-refractivity contribution is -0.110. The zero-order valence-electron chi connectivity index (χ0n) is 7.79. The van der Waals surface area contributed by atoms with Crippen LogP contribution >= 0.6 is 12.2 Å². The maximum Gasteiger partial charge on any atom is 0.225 e. The van der Waals surface area contributed by atoms with Crippen molar-refractivity contribution in [3.8, 4) is 0 Å². The molecule has 1 aromatic carbocycles. The highest BCUT2D eigenvalue weighted by Crippen LogP contribution is 2.02. The predicted molar refractivity (Wildman–Crippen MR) is 58.2 cm³/mol. The van der Waals surface area contributed by atoms with Crippen molar-refractivity contribution in [2.45, 2.75) is 6.54 Å². The van der Waals surface area contributed by atoms with Gasteiger partial charge in [0.25, 0.3) is 0 Å². The number of thiocarbonyl (C=S) groups is 1. The number of rotatable bonds is 4. The summed E-state index contributed by atoms with van der Waals surface area (Å²) in [5.74, 6) is -0.292. The maximum atomic E-state index is 12.8. The molecule has 0 aromatic heterocycles. The molecule has 80 valence electrons. The molecule has 0 aliphatic rings. The molecular formula is C9H10FN3OS. The van der Waals surface area contributed by atoms with Crippen LogP contribution in [0.5, 0.6) is 0 Å². The third-order valence-electron chi connectivity index (χ3n) is 1.59. The second-order valence-corrected chi connectivity index (χ2v) is 3.11. The highest BCUT2D eigenvalue weighted by atomic mass is 32.1. The number of nitrogens with one attached hydrogen (secondary N) is 3. The van der Waals surface area contributed by atoms with Gasteiger partial charge in [-0.3, -0.25) is 15.6 Å². The molecule has 0 saturated heterocycles. The Kier molecular flexibility index (Phi) is 4.49. The van der Waals surface area contributed by atoms with Gasteiger partial charge >= 0.3 is 0 Å². The quantitative estimate of drug-likeness (QED) is 0.397. The molecule has 0 aliphatic heterocycles. The molecule has 1 rings (SSSR count). The molecule has 0 aliphatic carbocycles. The van der Waals surface area contributed by atoms with Crippen LogP contribution in [-0.2, 0) is 11.3 Å². The Labute approximate surface area is 91.8 Å². The van der Waals surface area contributed by atoms with Crippen LogP contribution in [0.25, 0.3) is 0 Å². The summed E-state index contributed by atoms with van der Waals surface area (Å²) < 4.78 is 12.8. The van der Waals surface area contributed by atoms with Crippen molar-refractivity contribution in [2.24, 2.45) is 0 Å². The molecular weight excluding hydrogens is 217 g/mol. The van der Waals surface area contributed by atoms with Crippen LogP contribution < -0.4 is 16.2 Å². The third kappa shape index (κ3) is 4.37. The lowest BCUT2D eigenvalue weighted by Gasteiger charge is -2.08. The first-order valence-corrected chi connectivity index (χ1v) is 4.60. The summed E-state index contributed by atoms with van der Waals surface area (Å²) in [6.45, 7) is 0.393. The first-order valence-electron chi connectivity index (χ1n) is 4.20. The van der Waals surface area contributed by atoms with E-state index in [1.54, 1.807) is 12.1 Å². The normalized spacial score (nSPS) is 9.13. The summed E-state index contributed by atoms with van der Waals surface area (Å²) in [6, 6.07) is 6.16. The predicted octanol–water partition coefficient (Wildman–Crippen LogP) is 0.451. The molecule has 0 atom stereocenters. The van der Waals surface area contributed by atoms with Crippen molar-refractivity contribution >= 4 is 23.7 Å². The van der Waals surface area contributed by atoms with E-state index in [2.05, 4.69) is 16.2 Å². The van der Waals surface area contributed by atoms with Gasteiger partial charge in [0.2, 0.25) is 6.41 Å². The Hall–Kier alpha value is -1.69. The summed E-state index contributed by atoms with van der Waals surface area (Å²) in [5, 5.41) is 3.06. The van der Waals surface area contributed by atoms with Crippen molar-refractivity contribution < 1.29 is 9.18 Å². The number of halogens is 1. The van der Waals surface area contributed by atoms with E-state index in [9.17, 15) is 9.18 Å². The van der Waals surface area contributed by atoms with E-state index in [0.717, 1.165) is 5.56 Å². The molecule has 0 fully saturated rings. The highest BCUT2D eigenvalue weighted by molar-refractivity contribution is 7.80. The molecule has 0 spiro atoms. The number of amides is 1. The zero-order valence-corrected chi connectivity index (χ0v) is 8.60. The van der Waals surface area contributed by atoms with Gasteiger partial charge in [-0.15, -0.1) is 0 Å². The minimum absolute atomic E-state index is 0.270. The van der Waals surface area contributed by atoms with E-state index in [4.69, 9.17) is 12.2 Å². The SMILES string of the molecule is O=CNNC(=S)NCc1cccc(F)c1. The van der Waals surface area contributed by atoms with Crippen molar-refractivity contribution in [2.75, 3.05) is 0 Å². The van der Waals surface area contributed by atoms with Crippen LogP contribution in [0.3, 0.4) is 0 Å². The molecule has 1 aromatic rings. The fourth-order valence-electron chi connectivity index (χ4n) is 0.968. The van der Waals surface area contributed by atoms with E-state index in [-0.39, 0.29) is 10.9 Å². The first kappa shape index (κ1) is 11.4. The van der Waals surface area contributed by atoms with Gasteiger partial charge in [-0.25, -0.2) is 4.39 Å². The van der Waals surface area contributed by atoms with Gasteiger partial charge in [0.1, 0.15) is 5.82 Å². The molecule has 0 saturated carbocycles. The minimum atomic E-state index is -0.292. The second kappa shape index (κ2) is 5.92. The topological polar surface area (TPSA) is 53.2 Å². The van der Waals surface area contributed by atoms with E-state index >= 15 is 0 Å². The molecule has 0 unspecified atom stereocenters. The molecule has 0 heterocycles. The first-order chi connectivity index (χ1) is 7.22. The van der Waals surface area contributed by atoms with Gasteiger partial charge in [0, 0.05) is 6.54 Å². The van der Waals surface area contributed by atoms with Crippen molar-refractivity contribution in [3.05, 3.63) is 35.6 Å². The molecule has 0 bridgehead atoms. The number of carbonyl (C=O) groups is 1. The smallest absolute Gasteiger partial charge is 0.225 e. The van der Waals surface area contributed by atoms with Gasteiger partial charge in [0.05, 0.1) is 0 Å². The van der Waals surface area contributed by atoms with Gasteiger partial charge in [-0.05, 0) is 29.9 Å². The van der Waals surface area contributed by atoms with Crippen LogP contribution in [0.1, 0.15) is 5.56 Å². The van der Waals surface area contributed by atoms with Gasteiger partial charge in [-0.2, -0.15) is 0 Å². The van der Waals surface area contributed by atoms with Gasteiger partial charge < -0.3 is 5.32 Å². The van der Waals surface area contributed by atoms with Crippen LogP contribution in [0, 0.1) is 5.82 Å². The van der Waals surface area contributed by atoms with Gasteiger partial charge in [-0.1, -0.05) is 12.1 Å². The van der Waals surface area contributed by atoms with E-state index in [0.29, 0.717) is 13.0 Å². The lowest BCUT2D eigenvalue weighted by Crippen LogP contribution is -2.42. The summed E-state index contributed by atoms with van der Waals surface area (Å²) >= 11 is 4.81. The molecule has 3 N–H and O–H groups in total. The second-order valence-electron chi connectivity index (χ2n) is 2.70. The Morgan fingerprint density at radius 3 is 3.00 bits per heavy atom. The Bertz CT molecular complexity index is 359. The molecule has 1 amide bonds. The summed E-state index contributed by atoms with van der Waals surface area (Å²) in [7, 11) is 0. The van der Waals surface area contributed by atoms with Gasteiger partial charge in [0.15, 0.2) is 5.11 Å². The molecule has 15 heavy (non-hydrogen) atoms. The molecule has 0 radical (unpaired) electrons. The Balaban J connectivity index is 2.36. The fraction of sp³-hybridized carbons (Fsp3) is 0.111. The van der Waals surface area contributed by atoms with Crippen LogP contribution in [0.15, 0.2) is 24.3 Å². The number of hydrazine groups is 1. The van der Waals surface area contributed by atoms with Crippen molar-refractivity contribution in [1.82, 2.24) is 16.2 Å². The Morgan fingerprint density at radius 1 is 1.53 bits per heavy atom. The fourth-order valence-corrected chi connectivity index (χ4v) is 1.10. The Morgan fingerprint density at radius 2 is 2.33 bits per heavy atom. The van der Waals surface area contributed by atoms with Crippen molar-refractivity contribution in [1.29, 1.82) is 0 Å². The summed E-state index contributed by atoms with van der Waals surface area (Å²) in [4.78, 5) is 9.92. The molecule has 4 nitrogen and oxygen atoms in total. The third-order valence-corrected chi connectivity index (χ3v) is 1.83. The number of hydrogen-bond acceptors (Lipinski definition) is 2. The summed E-state index contributed by atoms with van der Waals surface area (Å²) in [6.07, 6.45) is 0.468. The van der Waals surface area contributed by atoms with E-state index in [1.807, 2.05) is 0 Å². The van der Waals surface area contributed by atoms with Crippen LogP contribution in [-0.4, -0.2) is 11.5 Å². The van der Waals surface area contributed by atoms with E-state index in [1.165, 1.54) is 12.1 Å². The number of carbonyl (C=O) groups excluding carboxylic acids is 1. The minimum Gasteiger partial charge on any atom is -0.357 e. The highest BCUT2D eigenvalue weighted by Gasteiger charge is 1.96. The van der Waals surface area contributed by atoms with Crippen molar-refractivity contribution in [3.63, 3.8) is 0 Å². The van der Waals surface area contributed by atoms with Crippen LogP contribution in [0.4, 0.5) is 4.39 Å².